The maximum Gasteiger partial charge on any atom is 0.238 e. The minimum absolute atomic E-state index is 0.0776. The molecular weight excluding hydrogens is 382 g/mol. The maximum atomic E-state index is 12.6. The Morgan fingerprint density at radius 2 is 1.76 bits per heavy atom. The average molecular weight is 399 g/mol. The molecule has 0 saturated carbocycles. The van der Waals surface area contributed by atoms with Gasteiger partial charge in [-0.3, -0.25) is 9.69 Å². The molecule has 6 heteroatoms. The summed E-state index contributed by atoms with van der Waals surface area (Å²) in [7, 11) is 0. The summed E-state index contributed by atoms with van der Waals surface area (Å²) in [6.07, 6.45) is 1.74. The highest BCUT2D eigenvalue weighted by Gasteiger charge is 2.34. The molecule has 0 bridgehead atoms. The SMILES string of the molecule is O=C1CSC(c2ccc(O)cc2)N1c1ccc(-c2ccc3cccnc3n2)cc1. The van der Waals surface area contributed by atoms with E-state index < -0.39 is 0 Å². The largest absolute Gasteiger partial charge is 0.508 e. The Morgan fingerprint density at radius 3 is 2.55 bits per heavy atom. The third-order valence-electron chi connectivity index (χ3n) is 4.95. The molecule has 29 heavy (non-hydrogen) atoms. The van der Waals surface area contributed by atoms with Crippen molar-refractivity contribution >= 4 is 34.4 Å². The van der Waals surface area contributed by atoms with E-state index in [0.717, 1.165) is 27.9 Å². The summed E-state index contributed by atoms with van der Waals surface area (Å²) in [6.45, 7) is 0. The Hall–Kier alpha value is -3.38. The summed E-state index contributed by atoms with van der Waals surface area (Å²) in [5.74, 6) is 0.732. The molecule has 1 saturated heterocycles. The van der Waals surface area contributed by atoms with Crippen molar-refractivity contribution in [2.24, 2.45) is 0 Å². The number of thioether (sulfide) groups is 1. The molecule has 1 amide bonds. The fraction of sp³-hybridized carbons (Fsp3) is 0.0870. The second-order valence-corrected chi connectivity index (χ2v) is 7.88. The summed E-state index contributed by atoms with van der Waals surface area (Å²) >= 11 is 1.59. The molecule has 0 spiro atoms. The Balaban J connectivity index is 1.46. The van der Waals surface area contributed by atoms with E-state index in [-0.39, 0.29) is 17.0 Å². The number of amides is 1. The number of phenolic OH excluding ortho intramolecular Hbond substituents is 1. The average Bonchev–Trinajstić information content (AvgIpc) is 3.15. The van der Waals surface area contributed by atoms with Crippen molar-refractivity contribution in [3.8, 4) is 17.0 Å². The topological polar surface area (TPSA) is 66.3 Å². The highest BCUT2D eigenvalue weighted by molar-refractivity contribution is 8.00. The molecule has 1 unspecified atom stereocenters. The molecule has 1 aliphatic heterocycles. The minimum atomic E-state index is -0.100. The van der Waals surface area contributed by atoms with Crippen molar-refractivity contribution < 1.29 is 9.90 Å². The molecule has 0 aliphatic carbocycles. The zero-order chi connectivity index (χ0) is 19.8. The Labute approximate surface area is 172 Å². The number of hydrogen-bond donors (Lipinski definition) is 1. The molecule has 5 nitrogen and oxygen atoms in total. The highest BCUT2D eigenvalue weighted by atomic mass is 32.2. The summed E-state index contributed by atoms with van der Waals surface area (Å²) in [5, 5.41) is 10.4. The summed E-state index contributed by atoms with van der Waals surface area (Å²) in [5.41, 5.74) is 4.38. The summed E-state index contributed by atoms with van der Waals surface area (Å²) in [4.78, 5) is 23.3. The lowest BCUT2D eigenvalue weighted by molar-refractivity contribution is -0.115. The molecule has 1 fully saturated rings. The second-order valence-electron chi connectivity index (χ2n) is 6.81. The van der Waals surface area contributed by atoms with Crippen LogP contribution in [0.25, 0.3) is 22.3 Å². The standard InChI is InChI=1S/C23H17N3O2S/c27-19-10-5-17(6-11-19)23-26(21(28)14-29-23)18-8-3-15(4-9-18)20-12-7-16-2-1-13-24-22(16)25-20/h1-13,23,27H,14H2. The number of carbonyl (C=O) groups excluding carboxylic acids is 1. The van der Waals surface area contributed by atoms with Crippen LogP contribution in [0.15, 0.2) is 79.0 Å². The predicted molar refractivity (Wildman–Crippen MR) is 116 cm³/mol. The zero-order valence-corrected chi connectivity index (χ0v) is 16.2. The van der Waals surface area contributed by atoms with Crippen LogP contribution in [0.3, 0.4) is 0 Å². The Kier molecular flexibility index (Phi) is 4.41. The molecule has 4 aromatic rings. The van der Waals surface area contributed by atoms with Crippen molar-refractivity contribution in [1.29, 1.82) is 0 Å². The van der Waals surface area contributed by atoms with Gasteiger partial charge in [0.1, 0.15) is 11.1 Å². The number of rotatable bonds is 3. The molecule has 1 atom stereocenters. The van der Waals surface area contributed by atoms with Gasteiger partial charge in [0.15, 0.2) is 5.65 Å². The third-order valence-corrected chi connectivity index (χ3v) is 6.16. The number of aromatic nitrogens is 2. The highest BCUT2D eigenvalue weighted by Crippen LogP contribution is 2.42. The molecule has 2 aromatic heterocycles. The lowest BCUT2D eigenvalue weighted by Gasteiger charge is -2.24. The van der Waals surface area contributed by atoms with Crippen LogP contribution < -0.4 is 4.90 Å². The van der Waals surface area contributed by atoms with Gasteiger partial charge in [-0.1, -0.05) is 24.3 Å². The monoisotopic (exact) mass is 399 g/mol. The molecule has 3 heterocycles. The Bertz CT molecular complexity index is 1190. The number of phenols is 1. The van der Waals surface area contributed by atoms with Crippen LogP contribution >= 0.6 is 11.8 Å². The van der Waals surface area contributed by atoms with Crippen molar-refractivity contribution in [3.05, 3.63) is 84.6 Å². The van der Waals surface area contributed by atoms with E-state index in [1.165, 1.54) is 0 Å². The van der Waals surface area contributed by atoms with Crippen LogP contribution in [-0.2, 0) is 4.79 Å². The van der Waals surface area contributed by atoms with Crippen LogP contribution in [0.5, 0.6) is 5.75 Å². The number of carbonyl (C=O) groups is 1. The van der Waals surface area contributed by atoms with Gasteiger partial charge in [0.05, 0.1) is 11.4 Å². The number of hydrogen-bond acceptors (Lipinski definition) is 5. The van der Waals surface area contributed by atoms with E-state index in [2.05, 4.69) is 9.97 Å². The fourth-order valence-electron chi connectivity index (χ4n) is 3.50. The van der Waals surface area contributed by atoms with E-state index in [1.54, 1.807) is 30.1 Å². The lowest BCUT2D eigenvalue weighted by atomic mass is 10.1. The van der Waals surface area contributed by atoms with Crippen molar-refractivity contribution in [2.75, 3.05) is 10.7 Å². The van der Waals surface area contributed by atoms with Gasteiger partial charge < -0.3 is 5.11 Å². The van der Waals surface area contributed by atoms with Gasteiger partial charge in [-0.05, 0) is 54.1 Å². The molecule has 1 aliphatic rings. The van der Waals surface area contributed by atoms with E-state index in [0.29, 0.717) is 11.4 Å². The zero-order valence-electron chi connectivity index (χ0n) is 15.4. The smallest absolute Gasteiger partial charge is 0.238 e. The van der Waals surface area contributed by atoms with Crippen LogP contribution in [0, 0.1) is 0 Å². The van der Waals surface area contributed by atoms with Gasteiger partial charge >= 0.3 is 0 Å². The molecule has 2 aromatic carbocycles. The van der Waals surface area contributed by atoms with Gasteiger partial charge in [-0.15, -0.1) is 11.8 Å². The van der Waals surface area contributed by atoms with Crippen LogP contribution in [-0.4, -0.2) is 26.7 Å². The number of anilines is 1. The van der Waals surface area contributed by atoms with Gasteiger partial charge in [0.25, 0.3) is 0 Å². The van der Waals surface area contributed by atoms with Crippen molar-refractivity contribution in [3.63, 3.8) is 0 Å². The first-order valence-electron chi connectivity index (χ1n) is 9.24. The van der Waals surface area contributed by atoms with Gasteiger partial charge in [-0.25, -0.2) is 9.97 Å². The van der Waals surface area contributed by atoms with Crippen LogP contribution in [0.2, 0.25) is 0 Å². The van der Waals surface area contributed by atoms with E-state index >= 15 is 0 Å². The van der Waals surface area contributed by atoms with Gasteiger partial charge in [0, 0.05) is 22.8 Å². The van der Waals surface area contributed by atoms with Gasteiger partial charge in [0.2, 0.25) is 5.91 Å². The fourth-order valence-corrected chi connectivity index (χ4v) is 4.67. The normalized spacial score (nSPS) is 16.5. The second kappa shape index (κ2) is 7.22. The maximum absolute atomic E-state index is 12.6. The van der Waals surface area contributed by atoms with Gasteiger partial charge in [-0.2, -0.15) is 0 Å². The molecule has 142 valence electrons. The molecule has 1 N–H and O–H groups in total. The number of pyridine rings is 2. The number of benzene rings is 2. The Morgan fingerprint density at radius 1 is 0.966 bits per heavy atom. The quantitative estimate of drug-likeness (QED) is 0.537. The summed E-state index contributed by atoms with van der Waals surface area (Å²) < 4.78 is 0. The van der Waals surface area contributed by atoms with Crippen LogP contribution in [0.1, 0.15) is 10.9 Å². The first kappa shape index (κ1) is 17.7. The molecular formula is C23H17N3O2S. The number of nitrogens with zero attached hydrogens (tertiary/aromatic N) is 3. The number of aromatic hydroxyl groups is 1. The lowest BCUT2D eigenvalue weighted by Crippen LogP contribution is -2.27. The van der Waals surface area contributed by atoms with Crippen molar-refractivity contribution in [2.45, 2.75) is 5.37 Å². The van der Waals surface area contributed by atoms with Crippen LogP contribution in [0.4, 0.5) is 5.69 Å². The van der Waals surface area contributed by atoms with Crippen molar-refractivity contribution in [1.82, 2.24) is 9.97 Å². The minimum Gasteiger partial charge on any atom is -0.508 e. The number of fused-ring (bicyclic) bond motifs is 1. The van der Waals surface area contributed by atoms with E-state index in [9.17, 15) is 9.90 Å². The van der Waals surface area contributed by atoms with E-state index in [4.69, 9.17) is 0 Å². The first-order valence-corrected chi connectivity index (χ1v) is 10.3. The summed E-state index contributed by atoms with van der Waals surface area (Å²) in [6, 6.07) is 22.8. The molecule has 5 rings (SSSR count). The molecule has 0 radical (unpaired) electrons. The third kappa shape index (κ3) is 3.32. The van der Waals surface area contributed by atoms with E-state index in [1.807, 2.05) is 65.6 Å². The first-order chi connectivity index (χ1) is 14.2. The predicted octanol–water partition coefficient (Wildman–Crippen LogP) is 4.78.